The summed E-state index contributed by atoms with van der Waals surface area (Å²) in [6.07, 6.45) is 0.0306. The van der Waals surface area contributed by atoms with Crippen molar-refractivity contribution in [1.82, 2.24) is 4.98 Å². The van der Waals surface area contributed by atoms with Crippen molar-refractivity contribution in [2.45, 2.75) is 6.92 Å². The fourth-order valence-electron chi connectivity index (χ4n) is 1.94. The minimum atomic E-state index is -1.06. The number of oxazole rings is 1. The Balaban J connectivity index is 2.04. The molecule has 0 aliphatic heterocycles. The predicted octanol–water partition coefficient (Wildman–Crippen LogP) is 3.63. The number of carbonyl (C=O) groups is 1. The van der Waals surface area contributed by atoms with Gasteiger partial charge in [0, 0.05) is 0 Å². The van der Waals surface area contributed by atoms with E-state index in [1.54, 1.807) is 31.2 Å². The maximum atomic E-state index is 11.2. The van der Waals surface area contributed by atoms with Gasteiger partial charge >= 0.3 is 12.0 Å². The van der Waals surface area contributed by atoms with Crippen molar-refractivity contribution in [2.75, 3.05) is 0 Å². The van der Waals surface area contributed by atoms with Gasteiger partial charge in [0.2, 0.25) is 0 Å². The van der Waals surface area contributed by atoms with Crippen LogP contribution >= 0.6 is 0 Å². The Hall–Kier alpha value is -2.82. The molecule has 0 unspecified atom stereocenters. The number of carboxylic acid groups (broad SMARTS) is 1. The van der Waals surface area contributed by atoms with Crippen LogP contribution in [0.15, 0.2) is 46.9 Å². The number of aromatic nitrogens is 1. The zero-order chi connectivity index (χ0) is 14.1. The lowest BCUT2D eigenvalue weighted by Gasteiger charge is -2.07. The average molecular weight is 269 g/mol. The lowest BCUT2D eigenvalue weighted by atomic mass is 10.1. The Morgan fingerprint density at radius 1 is 1.20 bits per heavy atom. The summed E-state index contributed by atoms with van der Waals surface area (Å²) in [5, 5.41) is 9.18. The molecule has 0 saturated carbocycles. The van der Waals surface area contributed by atoms with Crippen LogP contribution in [0.2, 0.25) is 0 Å². The van der Waals surface area contributed by atoms with Gasteiger partial charge in [-0.3, -0.25) is 0 Å². The number of hydrogen-bond donors (Lipinski definition) is 1. The average Bonchev–Trinajstić information content (AvgIpc) is 2.83. The zero-order valence-corrected chi connectivity index (χ0v) is 10.7. The molecular weight excluding hydrogens is 258 g/mol. The molecule has 0 saturated heterocycles. The lowest BCUT2D eigenvalue weighted by Crippen LogP contribution is -2.01. The molecule has 0 radical (unpaired) electrons. The summed E-state index contributed by atoms with van der Waals surface area (Å²) in [6.45, 7) is 1.77. The van der Waals surface area contributed by atoms with Crippen molar-refractivity contribution >= 4 is 17.1 Å². The number of para-hydroxylation sites is 3. The van der Waals surface area contributed by atoms with Crippen molar-refractivity contribution in [3.05, 3.63) is 53.6 Å². The first-order chi connectivity index (χ1) is 9.65. The molecule has 1 aromatic heterocycles. The van der Waals surface area contributed by atoms with Crippen LogP contribution in [0, 0.1) is 6.92 Å². The Bertz CT molecular complexity index is 758. The number of aromatic carboxylic acids is 1. The Kier molecular flexibility index (Phi) is 2.87. The highest BCUT2D eigenvalue weighted by Gasteiger charge is 2.16. The number of ether oxygens (including phenoxy) is 1. The normalized spacial score (nSPS) is 10.7. The van der Waals surface area contributed by atoms with Crippen molar-refractivity contribution in [2.24, 2.45) is 0 Å². The number of fused-ring (bicyclic) bond motifs is 1. The maximum absolute atomic E-state index is 11.2. The predicted molar refractivity (Wildman–Crippen MR) is 72.2 cm³/mol. The van der Waals surface area contributed by atoms with E-state index >= 15 is 0 Å². The first-order valence-electron chi connectivity index (χ1n) is 6.01. The topological polar surface area (TPSA) is 72.6 Å². The molecule has 0 fully saturated rings. The number of hydrogen-bond acceptors (Lipinski definition) is 4. The molecule has 0 aliphatic carbocycles. The summed E-state index contributed by atoms with van der Waals surface area (Å²) < 4.78 is 11.0. The molecule has 0 amide bonds. The maximum Gasteiger partial charge on any atom is 0.400 e. The van der Waals surface area contributed by atoms with Crippen LogP contribution < -0.4 is 4.74 Å². The van der Waals surface area contributed by atoms with Gasteiger partial charge in [-0.05, 0) is 30.7 Å². The molecule has 1 heterocycles. The molecule has 100 valence electrons. The van der Waals surface area contributed by atoms with Gasteiger partial charge in [0.25, 0.3) is 0 Å². The van der Waals surface area contributed by atoms with Crippen LogP contribution in [-0.2, 0) is 0 Å². The van der Waals surface area contributed by atoms with Gasteiger partial charge in [0.1, 0.15) is 16.8 Å². The second kappa shape index (κ2) is 4.70. The lowest BCUT2D eigenvalue weighted by molar-refractivity contribution is 0.0693. The van der Waals surface area contributed by atoms with Gasteiger partial charge in [-0.2, -0.15) is 4.98 Å². The Morgan fingerprint density at radius 3 is 2.75 bits per heavy atom. The molecule has 0 spiro atoms. The number of rotatable bonds is 3. The molecule has 0 bridgehead atoms. The van der Waals surface area contributed by atoms with Gasteiger partial charge in [-0.1, -0.05) is 24.3 Å². The largest absolute Gasteiger partial charge is 0.478 e. The minimum Gasteiger partial charge on any atom is -0.478 e. The number of aryl methyl sites for hydroxylation is 1. The van der Waals surface area contributed by atoms with E-state index in [-0.39, 0.29) is 17.4 Å². The van der Waals surface area contributed by atoms with Crippen molar-refractivity contribution in [3.63, 3.8) is 0 Å². The molecule has 0 aliphatic rings. The van der Waals surface area contributed by atoms with Crippen LogP contribution in [0.5, 0.6) is 11.8 Å². The van der Waals surface area contributed by atoms with Crippen LogP contribution in [0.4, 0.5) is 0 Å². The number of carboxylic acids is 1. The summed E-state index contributed by atoms with van der Waals surface area (Å²) in [5.74, 6) is -0.814. The molecule has 5 heteroatoms. The first kappa shape index (κ1) is 12.2. The number of benzene rings is 2. The van der Waals surface area contributed by atoms with Crippen LogP contribution in [0.3, 0.4) is 0 Å². The Labute approximate surface area is 114 Å². The zero-order valence-electron chi connectivity index (χ0n) is 10.7. The fourth-order valence-corrected chi connectivity index (χ4v) is 1.94. The third-order valence-electron chi connectivity index (χ3n) is 2.91. The molecule has 3 rings (SSSR count). The van der Waals surface area contributed by atoms with Crippen LogP contribution in [-0.4, -0.2) is 16.1 Å². The van der Waals surface area contributed by atoms with Crippen LogP contribution in [0.1, 0.15) is 15.9 Å². The van der Waals surface area contributed by atoms with Gasteiger partial charge < -0.3 is 14.3 Å². The standard InChI is InChI=1S/C15H11NO4/c1-9-5-4-6-10(14(17)18)13(9)20-15-16-11-7-2-3-8-12(11)19-15/h2-8H,1H3,(H,17,18). The quantitative estimate of drug-likeness (QED) is 0.786. The molecule has 5 nitrogen and oxygen atoms in total. The highest BCUT2D eigenvalue weighted by atomic mass is 16.6. The van der Waals surface area contributed by atoms with Gasteiger partial charge in [-0.15, -0.1) is 0 Å². The fraction of sp³-hybridized carbons (Fsp3) is 0.0667. The van der Waals surface area contributed by atoms with Gasteiger partial charge in [0.15, 0.2) is 5.58 Å². The van der Waals surface area contributed by atoms with Crippen LogP contribution in [0.25, 0.3) is 11.1 Å². The van der Waals surface area contributed by atoms with E-state index in [4.69, 9.17) is 9.15 Å². The monoisotopic (exact) mass is 269 g/mol. The number of nitrogens with zero attached hydrogens (tertiary/aromatic N) is 1. The summed E-state index contributed by atoms with van der Waals surface area (Å²) in [4.78, 5) is 15.4. The molecule has 2 aromatic carbocycles. The smallest absolute Gasteiger partial charge is 0.400 e. The van der Waals surface area contributed by atoms with E-state index < -0.39 is 5.97 Å². The molecule has 1 N–H and O–H groups in total. The summed E-state index contributed by atoms with van der Waals surface area (Å²) in [5.41, 5.74) is 2.03. The second-order valence-electron chi connectivity index (χ2n) is 4.31. The summed E-state index contributed by atoms with van der Waals surface area (Å²) in [6, 6.07) is 12.1. The SMILES string of the molecule is Cc1cccc(C(=O)O)c1Oc1nc2ccccc2o1. The molecule has 0 atom stereocenters. The van der Waals surface area contributed by atoms with E-state index in [2.05, 4.69) is 4.98 Å². The van der Waals surface area contributed by atoms with Crippen molar-refractivity contribution in [1.29, 1.82) is 0 Å². The highest BCUT2D eigenvalue weighted by molar-refractivity contribution is 5.91. The first-order valence-corrected chi connectivity index (χ1v) is 6.01. The molecule has 20 heavy (non-hydrogen) atoms. The van der Waals surface area contributed by atoms with E-state index in [1.165, 1.54) is 6.07 Å². The van der Waals surface area contributed by atoms with E-state index in [9.17, 15) is 9.90 Å². The van der Waals surface area contributed by atoms with E-state index in [0.717, 1.165) is 0 Å². The Morgan fingerprint density at radius 2 is 2.00 bits per heavy atom. The molecular formula is C15H11NO4. The third kappa shape index (κ3) is 2.09. The highest BCUT2D eigenvalue weighted by Crippen LogP contribution is 2.30. The minimum absolute atomic E-state index is 0.0306. The van der Waals surface area contributed by atoms with Crippen molar-refractivity contribution in [3.8, 4) is 11.8 Å². The van der Waals surface area contributed by atoms with Crippen molar-refractivity contribution < 1.29 is 19.1 Å². The van der Waals surface area contributed by atoms with Gasteiger partial charge in [-0.25, -0.2) is 4.79 Å². The third-order valence-corrected chi connectivity index (χ3v) is 2.91. The van der Waals surface area contributed by atoms with Gasteiger partial charge in [0.05, 0.1) is 0 Å². The summed E-state index contributed by atoms with van der Waals surface area (Å²) in [7, 11) is 0. The summed E-state index contributed by atoms with van der Waals surface area (Å²) >= 11 is 0. The van der Waals surface area contributed by atoms with E-state index in [0.29, 0.717) is 16.7 Å². The second-order valence-corrected chi connectivity index (χ2v) is 4.31. The molecule has 3 aromatic rings. The van der Waals surface area contributed by atoms with E-state index in [1.807, 2.05) is 12.1 Å².